The molecule has 4 atom stereocenters. The smallest absolute Gasteiger partial charge is 0.314 e. The largest absolute Gasteiger partial charge is 0.338 e. The second-order valence-electron chi connectivity index (χ2n) is 8.64. The third kappa shape index (κ3) is 3.14. The molecule has 0 aliphatic heterocycles. The van der Waals surface area contributed by atoms with Gasteiger partial charge in [0.15, 0.2) is 0 Å². The minimum Gasteiger partial charge on any atom is -0.338 e. The molecule has 4 unspecified atom stereocenters. The summed E-state index contributed by atoms with van der Waals surface area (Å²) < 4.78 is 0. The zero-order valence-electron chi connectivity index (χ0n) is 13.9. The fraction of sp³-hybridized carbons (Fsp3) is 0.947. The Hall–Kier alpha value is -0.730. The molecule has 0 aromatic rings. The number of rotatable bonds is 5. The Balaban J connectivity index is 1.12. The SMILES string of the molecule is O=C(NCCC1CC2CCC1C2)NCC1CC2CCC1CC2. The van der Waals surface area contributed by atoms with E-state index < -0.39 is 0 Å². The summed E-state index contributed by atoms with van der Waals surface area (Å²) in [5.74, 6) is 5.49. The highest BCUT2D eigenvalue weighted by atomic mass is 16.2. The van der Waals surface area contributed by atoms with Crippen LogP contribution in [-0.4, -0.2) is 19.1 Å². The Kier molecular flexibility index (Phi) is 4.32. The molecule has 0 radical (unpaired) electrons. The Bertz CT molecular complexity index is 402. The number of urea groups is 1. The molecule has 0 aromatic carbocycles. The van der Waals surface area contributed by atoms with Crippen LogP contribution in [0, 0.1) is 35.5 Å². The number of carbonyl (C=O) groups is 1. The average Bonchev–Trinajstić information content (AvgIpc) is 3.17. The van der Waals surface area contributed by atoms with Crippen molar-refractivity contribution in [1.82, 2.24) is 10.6 Å². The van der Waals surface area contributed by atoms with Crippen LogP contribution in [0.4, 0.5) is 4.79 Å². The first-order chi connectivity index (χ1) is 10.8. The third-order valence-electron chi connectivity index (χ3n) is 7.40. The van der Waals surface area contributed by atoms with Crippen molar-refractivity contribution < 1.29 is 4.79 Å². The van der Waals surface area contributed by atoms with Crippen molar-refractivity contribution >= 4 is 6.03 Å². The summed E-state index contributed by atoms with van der Waals surface area (Å²) in [7, 11) is 0. The molecule has 2 amide bonds. The maximum absolute atomic E-state index is 12.0. The van der Waals surface area contributed by atoms with Crippen LogP contribution in [0.2, 0.25) is 0 Å². The van der Waals surface area contributed by atoms with Gasteiger partial charge in [-0.25, -0.2) is 4.79 Å². The summed E-state index contributed by atoms with van der Waals surface area (Å²) in [6, 6.07) is 0.0737. The number of carbonyl (C=O) groups excluding carboxylic acids is 1. The quantitative estimate of drug-likeness (QED) is 0.793. The second-order valence-corrected chi connectivity index (χ2v) is 8.64. The maximum Gasteiger partial charge on any atom is 0.314 e. The molecule has 0 heterocycles. The summed E-state index contributed by atoms with van der Waals surface area (Å²) in [6.45, 7) is 1.78. The van der Waals surface area contributed by atoms with Gasteiger partial charge >= 0.3 is 6.03 Å². The van der Waals surface area contributed by atoms with Crippen LogP contribution >= 0.6 is 0 Å². The van der Waals surface area contributed by atoms with Crippen LogP contribution in [-0.2, 0) is 0 Å². The number of fused-ring (bicyclic) bond motifs is 5. The van der Waals surface area contributed by atoms with E-state index in [1.165, 1.54) is 64.2 Å². The fourth-order valence-electron chi connectivity index (χ4n) is 6.15. The molecule has 0 spiro atoms. The van der Waals surface area contributed by atoms with Gasteiger partial charge in [-0.15, -0.1) is 0 Å². The van der Waals surface area contributed by atoms with Crippen molar-refractivity contribution in [2.45, 2.75) is 64.2 Å². The monoisotopic (exact) mass is 304 g/mol. The van der Waals surface area contributed by atoms with Gasteiger partial charge < -0.3 is 10.6 Å². The summed E-state index contributed by atoms with van der Waals surface area (Å²) >= 11 is 0. The summed E-state index contributed by atoms with van der Waals surface area (Å²) in [5.41, 5.74) is 0. The van der Waals surface area contributed by atoms with E-state index in [0.29, 0.717) is 0 Å². The second kappa shape index (κ2) is 6.41. The highest BCUT2D eigenvalue weighted by molar-refractivity contribution is 5.73. The predicted molar refractivity (Wildman–Crippen MR) is 88.5 cm³/mol. The molecule has 5 fully saturated rings. The molecular formula is C19H32N2O. The van der Waals surface area contributed by atoms with Crippen molar-refractivity contribution in [2.75, 3.05) is 13.1 Å². The van der Waals surface area contributed by atoms with E-state index in [2.05, 4.69) is 10.6 Å². The van der Waals surface area contributed by atoms with Gasteiger partial charge in [-0.2, -0.15) is 0 Å². The molecule has 2 N–H and O–H groups in total. The lowest BCUT2D eigenvalue weighted by Crippen LogP contribution is -2.43. The number of hydrogen-bond acceptors (Lipinski definition) is 1. The average molecular weight is 304 g/mol. The predicted octanol–water partition coefficient (Wildman–Crippen LogP) is 3.94. The Morgan fingerprint density at radius 3 is 2.14 bits per heavy atom. The van der Waals surface area contributed by atoms with Crippen molar-refractivity contribution in [3.05, 3.63) is 0 Å². The van der Waals surface area contributed by atoms with Gasteiger partial charge in [0.25, 0.3) is 0 Å². The minimum absolute atomic E-state index is 0.0737. The number of nitrogens with one attached hydrogen (secondary N) is 2. The van der Waals surface area contributed by atoms with Gasteiger partial charge in [-0.3, -0.25) is 0 Å². The molecule has 22 heavy (non-hydrogen) atoms. The van der Waals surface area contributed by atoms with Gasteiger partial charge in [0, 0.05) is 13.1 Å². The van der Waals surface area contributed by atoms with E-state index in [1.807, 2.05) is 0 Å². The molecular weight excluding hydrogens is 272 g/mol. The lowest BCUT2D eigenvalue weighted by atomic mass is 9.65. The fourth-order valence-corrected chi connectivity index (χ4v) is 6.15. The van der Waals surface area contributed by atoms with Crippen LogP contribution in [0.15, 0.2) is 0 Å². The van der Waals surface area contributed by atoms with Gasteiger partial charge in [-0.05, 0) is 80.5 Å². The molecule has 124 valence electrons. The highest BCUT2D eigenvalue weighted by Crippen LogP contribution is 2.49. The van der Waals surface area contributed by atoms with Crippen molar-refractivity contribution in [1.29, 1.82) is 0 Å². The molecule has 4 bridgehead atoms. The van der Waals surface area contributed by atoms with Gasteiger partial charge in [0.05, 0.1) is 0 Å². The Labute approximate surface area is 135 Å². The van der Waals surface area contributed by atoms with Gasteiger partial charge in [-0.1, -0.05) is 19.3 Å². The van der Waals surface area contributed by atoms with E-state index >= 15 is 0 Å². The minimum atomic E-state index is 0.0737. The van der Waals surface area contributed by atoms with E-state index in [0.717, 1.165) is 48.6 Å². The van der Waals surface area contributed by atoms with Crippen LogP contribution in [0.5, 0.6) is 0 Å². The summed E-state index contributed by atoms with van der Waals surface area (Å²) in [4.78, 5) is 12.0. The van der Waals surface area contributed by atoms with Crippen LogP contribution < -0.4 is 10.6 Å². The number of hydrogen-bond donors (Lipinski definition) is 2. The summed E-state index contributed by atoms with van der Waals surface area (Å²) in [5, 5.41) is 6.25. The van der Waals surface area contributed by atoms with E-state index in [4.69, 9.17) is 0 Å². The normalized spacial score (nSPS) is 42.5. The van der Waals surface area contributed by atoms with E-state index in [1.54, 1.807) is 0 Å². The molecule has 5 aliphatic carbocycles. The van der Waals surface area contributed by atoms with E-state index in [9.17, 15) is 4.79 Å². The molecule has 0 saturated heterocycles. The van der Waals surface area contributed by atoms with Crippen LogP contribution in [0.1, 0.15) is 64.2 Å². The molecule has 0 aromatic heterocycles. The Morgan fingerprint density at radius 2 is 1.50 bits per heavy atom. The Morgan fingerprint density at radius 1 is 0.773 bits per heavy atom. The topological polar surface area (TPSA) is 41.1 Å². The standard InChI is InChI=1S/C19H32N2O/c22-19(20-8-7-17-11-14-3-6-16(17)10-14)21-12-18-9-13-1-4-15(18)5-2-13/h13-18H,1-12H2,(H2,20,21,22). The third-order valence-corrected chi connectivity index (χ3v) is 7.40. The first-order valence-electron chi connectivity index (χ1n) is 9.79. The van der Waals surface area contributed by atoms with Crippen LogP contribution in [0.3, 0.4) is 0 Å². The number of amides is 2. The van der Waals surface area contributed by atoms with Crippen molar-refractivity contribution in [3.63, 3.8) is 0 Å². The van der Waals surface area contributed by atoms with Gasteiger partial charge in [0.2, 0.25) is 0 Å². The van der Waals surface area contributed by atoms with Crippen molar-refractivity contribution in [2.24, 2.45) is 35.5 Å². The first-order valence-corrected chi connectivity index (χ1v) is 9.79. The zero-order valence-corrected chi connectivity index (χ0v) is 13.9. The molecule has 5 rings (SSSR count). The highest BCUT2D eigenvalue weighted by Gasteiger charge is 2.39. The zero-order chi connectivity index (χ0) is 14.9. The van der Waals surface area contributed by atoms with Crippen molar-refractivity contribution in [3.8, 4) is 0 Å². The van der Waals surface area contributed by atoms with E-state index in [-0.39, 0.29) is 6.03 Å². The first kappa shape index (κ1) is 14.8. The lowest BCUT2D eigenvalue weighted by molar-refractivity contribution is 0.0994. The van der Waals surface area contributed by atoms with Gasteiger partial charge in [0.1, 0.15) is 0 Å². The lowest BCUT2D eigenvalue weighted by Gasteiger charge is -2.42. The molecule has 5 saturated carbocycles. The molecule has 3 heteroatoms. The molecule has 3 nitrogen and oxygen atoms in total. The van der Waals surface area contributed by atoms with Crippen LogP contribution in [0.25, 0.3) is 0 Å². The summed E-state index contributed by atoms with van der Waals surface area (Å²) in [6.07, 6.45) is 14.1. The molecule has 5 aliphatic rings. The maximum atomic E-state index is 12.0.